The van der Waals surface area contributed by atoms with Crippen LogP contribution in [0.15, 0.2) is 4.99 Å². The Morgan fingerprint density at radius 3 is 3.23 bits per heavy atom. The smallest absolute Gasteiger partial charge is 0.320 e. The summed E-state index contributed by atoms with van der Waals surface area (Å²) in [4.78, 5) is 17.1. The van der Waals surface area contributed by atoms with Crippen LogP contribution >= 0.6 is 0 Å². The molecule has 1 saturated heterocycles. The van der Waals surface area contributed by atoms with Crippen LogP contribution in [0.3, 0.4) is 0 Å². The maximum absolute atomic E-state index is 10.7. The summed E-state index contributed by atoms with van der Waals surface area (Å²) in [5.74, 6) is -0.777. The van der Waals surface area contributed by atoms with Gasteiger partial charge in [0.05, 0.1) is 0 Å². The summed E-state index contributed by atoms with van der Waals surface area (Å²) in [7, 11) is 0. The van der Waals surface area contributed by atoms with Crippen molar-refractivity contribution in [2.24, 2.45) is 4.99 Å². The second-order valence-electron chi connectivity index (χ2n) is 3.38. The number of carboxylic acids is 1. The van der Waals surface area contributed by atoms with Gasteiger partial charge in [0, 0.05) is 19.3 Å². The molecule has 2 unspecified atom stereocenters. The molecule has 0 aliphatic carbocycles. The molecule has 0 aromatic carbocycles. The lowest BCUT2D eigenvalue weighted by Crippen LogP contribution is -2.58. The summed E-state index contributed by atoms with van der Waals surface area (Å²) >= 11 is 0. The van der Waals surface area contributed by atoms with Crippen molar-refractivity contribution in [3.63, 3.8) is 0 Å². The molecule has 5 heteroatoms. The van der Waals surface area contributed by atoms with Crippen molar-refractivity contribution in [3.8, 4) is 0 Å². The van der Waals surface area contributed by atoms with Crippen LogP contribution in [-0.2, 0) is 4.79 Å². The van der Waals surface area contributed by atoms with Crippen LogP contribution in [0.4, 0.5) is 0 Å². The molecule has 2 aliphatic rings. The lowest BCUT2D eigenvalue weighted by Gasteiger charge is -2.38. The minimum absolute atomic E-state index is 0.108. The maximum atomic E-state index is 10.7. The fourth-order valence-corrected chi connectivity index (χ4v) is 1.75. The molecule has 0 amide bonds. The van der Waals surface area contributed by atoms with Gasteiger partial charge in [0.1, 0.15) is 6.04 Å². The van der Waals surface area contributed by atoms with Crippen molar-refractivity contribution in [3.05, 3.63) is 0 Å². The van der Waals surface area contributed by atoms with E-state index in [9.17, 15) is 4.79 Å². The number of carboxylic acid groups (broad SMARTS) is 1. The topological polar surface area (TPSA) is 64.9 Å². The van der Waals surface area contributed by atoms with Gasteiger partial charge in [0.25, 0.3) is 0 Å². The van der Waals surface area contributed by atoms with E-state index in [1.54, 1.807) is 0 Å². The highest BCUT2D eigenvalue weighted by molar-refractivity contribution is 5.73. The number of aliphatic carboxylic acids is 1. The SMILES string of the molecule is O=C(O)C1CCN2CCC=NC2N1. The number of rotatable bonds is 1. The van der Waals surface area contributed by atoms with Gasteiger partial charge in [-0.3, -0.25) is 20.0 Å². The Morgan fingerprint density at radius 2 is 2.46 bits per heavy atom. The van der Waals surface area contributed by atoms with E-state index in [4.69, 9.17) is 5.11 Å². The van der Waals surface area contributed by atoms with Gasteiger partial charge in [-0.2, -0.15) is 0 Å². The highest BCUT2D eigenvalue weighted by atomic mass is 16.4. The van der Waals surface area contributed by atoms with E-state index >= 15 is 0 Å². The van der Waals surface area contributed by atoms with Crippen LogP contribution in [0.2, 0.25) is 0 Å². The molecule has 0 aromatic heterocycles. The average molecular weight is 183 g/mol. The summed E-state index contributed by atoms with van der Waals surface area (Å²) in [5, 5.41) is 11.8. The zero-order valence-corrected chi connectivity index (χ0v) is 7.31. The molecular formula is C8H13N3O2. The molecule has 0 radical (unpaired) electrons. The first kappa shape index (κ1) is 8.65. The molecule has 1 fully saturated rings. The molecule has 2 N–H and O–H groups in total. The molecule has 13 heavy (non-hydrogen) atoms. The van der Waals surface area contributed by atoms with E-state index in [2.05, 4.69) is 15.2 Å². The number of nitrogens with one attached hydrogen (secondary N) is 1. The van der Waals surface area contributed by atoms with Gasteiger partial charge >= 0.3 is 5.97 Å². The van der Waals surface area contributed by atoms with Gasteiger partial charge in [0.15, 0.2) is 6.29 Å². The molecule has 2 atom stereocenters. The van der Waals surface area contributed by atoms with Crippen LogP contribution in [0, 0.1) is 0 Å². The predicted octanol–water partition coefficient (Wildman–Crippen LogP) is -0.507. The third kappa shape index (κ3) is 1.71. The Morgan fingerprint density at radius 1 is 1.62 bits per heavy atom. The summed E-state index contributed by atoms with van der Waals surface area (Å²) in [5.41, 5.74) is 0. The molecule has 0 bridgehead atoms. The fourth-order valence-electron chi connectivity index (χ4n) is 1.75. The van der Waals surface area contributed by atoms with E-state index in [-0.39, 0.29) is 6.29 Å². The normalized spacial score (nSPS) is 34.2. The fraction of sp³-hybridized carbons (Fsp3) is 0.750. The third-order valence-electron chi connectivity index (χ3n) is 2.49. The first-order chi connectivity index (χ1) is 6.27. The van der Waals surface area contributed by atoms with E-state index in [0.29, 0.717) is 6.42 Å². The quantitative estimate of drug-likeness (QED) is 0.575. The van der Waals surface area contributed by atoms with Crippen molar-refractivity contribution < 1.29 is 9.90 Å². The Balaban J connectivity index is 2.02. The third-order valence-corrected chi connectivity index (χ3v) is 2.49. The molecule has 0 saturated carbocycles. The zero-order chi connectivity index (χ0) is 9.26. The standard InChI is InChI=1S/C8H13N3O2/c12-7(13)6-2-5-11-4-1-3-9-8(11)10-6/h3,6,8,10H,1-2,4-5H2,(H,12,13). The van der Waals surface area contributed by atoms with Crippen LogP contribution in [0.5, 0.6) is 0 Å². The van der Waals surface area contributed by atoms with Gasteiger partial charge < -0.3 is 5.11 Å². The second kappa shape index (κ2) is 3.43. The van der Waals surface area contributed by atoms with Crippen molar-refractivity contribution >= 4 is 12.2 Å². The molecule has 5 nitrogen and oxygen atoms in total. The van der Waals surface area contributed by atoms with Gasteiger partial charge in [-0.05, 0) is 12.8 Å². The minimum Gasteiger partial charge on any atom is -0.480 e. The van der Waals surface area contributed by atoms with Gasteiger partial charge in [-0.1, -0.05) is 0 Å². The van der Waals surface area contributed by atoms with E-state index in [1.807, 2.05) is 6.21 Å². The number of aliphatic imine (C=N–C) groups is 1. The van der Waals surface area contributed by atoms with Crippen LogP contribution in [0.25, 0.3) is 0 Å². The predicted molar refractivity (Wildman–Crippen MR) is 47.6 cm³/mol. The van der Waals surface area contributed by atoms with Gasteiger partial charge in [-0.15, -0.1) is 0 Å². The number of carbonyl (C=O) groups is 1. The summed E-state index contributed by atoms with van der Waals surface area (Å²) in [6, 6.07) is -0.434. The zero-order valence-electron chi connectivity index (χ0n) is 7.31. The highest BCUT2D eigenvalue weighted by Gasteiger charge is 2.31. The molecule has 2 aliphatic heterocycles. The van der Waals surface area contributed by atoms with Crippen LogP contribution in [0.1, 0.15) is 12.8 Å². The number of hydrogen-bond donors (Lipinski definition) is 2. The highest BCUT2D eigenvalue weighted by Crippen LogP contribution is 2.13. The largest absolute Gasteiger partial charge is 0.480 e. The monoisotopic (exact) mass is 183 g/mol. The van der Waals surface area contributed by atoms with Crippen molar-refractivity contribution in [2.45, 2.75) is 25.2 Å². The summed E-state index contributed by atoms with van der Waals surface area (Å²) in [6.45, 7) is 1.81. The van der Waals surface area contributed by atoms with Gasteiger partial charge in [0.2, 0.25) is 0 Å². The van der Waals surface area contributed by atoms with E-state index < -0.39 is 12.0 Å². The number of nitrogens with zero attached hydrogens (tertiary/aromatic N) is 2. The molecule has 72 valence electrons. The Hall–Kier alpha value is -0.940. The van der Waals surface area contributed by atoms with Crippen LogP contribution in [-0.4, -0.2) is 47.6 Å². The van der Waals surface area contributed by atoms with Gasteiger partial charge in [-0.25, -0.2) is 0 Å². The first-order valence-corrected chi connectivity index (χ1v) is 4.52. The summed E-state index contributed by atoms with van der Waals surface area (Å²) < 4.78 is 0. The second-order valence-corrected chi connectivity index (χ2v) is 3.38. The average Bonchev–Trinajstić information content (AvgIpc) is 2.17. The molecule has 0 spiro atoms. The molecule has 2 heterocycles. The molecule has 0 aromatic rings. The Kier molecular flexibility index (Phi) is 2.28. The summed E-state index contributed by atoms with van der Waals surface area (Å²) in [6.07, 6.45) is 3.39. The Labute approximate surface area is 76.4 Å². The number of hydrogen-bond acceptors (Lipinski definition) is 4. The number of fused-ring (bicyclic) bond motifs is 1. The molecular weight excluding hydrogens is 170 g/mol. The lowest BCUT2D eigenvalue weighted by atomic mass is 10.1. The lowest BCUT2D eigenvalue weighted by molar-refractivity contribution is -0.141. The Bertz CT molecular complexity index is 242. The minimum atomic E-state index is -0.777. The van der Waals surface area contributed by atoms with Crippen molar-refractivity contribution in [2.75, 3.05) is 13.1 Å². The van der Waals surface area contributed by atoms with E-state index in [1.165, 1.54) is 0 Å². The van der Waals surface area contributed by atoms with Crippen molar-refractivity contribution in [1.82, 2.24) is 10.2 Å². The first-order valence-electron chi connectivity index (χ1n) is 4.52. The maximum Gasteiger partial charge on any atom is 0.320 e. The van der Waals surface area contributed by atoms with Crippen LogP contribution < -0.4 is 5.32 Å². The molecule has 2 rings (SSSR count). The van der Waals surface area contributed by atoms with Crippen molar-refractivity contribution in [1.29, 1.82) is 0 Å². The van der Waals surface area contributed by atoms with E-state index in [0.717, 1.165) is 19.5 Å².